The van der Waals surface area contributed by atoms with E-state index in [1.807, 2.05) is 24.3 Å². The van der Waals surface area contributed by atoms with Gasteiger partial charge < -0.3 is 14.7 Å². The van der Waals surface area contributed by atoms with E-state index in [1.54, 1.807) is 0 Å². The summed E-state index contributed by atoms with van der Waals surface area (Å²) in [6.07, 6.45) is 0. The van der Waals surface area contributed by atoms with Crippen LogP contribution in [0.15, 0.2) is 49.8 Å². The van der Waals surface area contributed by atoms with Gasteiger partial charge in [-0.15, -0.1) is 0 Å². The number of furan rings is 1. The third kappa shape index (κ3) is 2.29. The van der Waals surface area contributed by atoms with E-state index in [2.05, 4.69) is 21.1 Å². The summed E-state index contributed by atoms with van der Waals surface area (Å²) in [4.78, 5) is 10.1. The van der Waals surface area contributed by atoms with E-state index in [0.29, 0.717) is 11.3 Å². The molecule has 0 amide bonds. The number of anilines is 1. The molecule has 7 nitrogen and oxygen atoms in total. The molecule has 0 saturated heterocycles. The quantitative estimate of drug-likeness (QED) is 0.568. The number of hydrogen-bond acceptors (Lipinski definition) is 6. The Morgan fingerprint density at radius 2 is 2.00 bits per heavy atom. The Morgan fingerprint density at radius 3 is 2.67 bits per heavy atom. The molecule has 0 saturated carbocycles. The summed E-state index contributed by atoms with van der Waals surface area (Å²) in [7, 11) is 0. The van der Waals surface area contributed by atoms with Gasteiger partial charge in [0.1, 0.15) is 4.92 Å². The first kappa shape index (κ1) is 13.4. The van der Waals surface area contributed by atoms with Crippen LogP contribution in [0, 0.1) is 10.1 Å². The Labute approximate surface area is 126 Å². The minimum Gasteiger partial charge on any atom is -0.399 e. The van der Waals surface area contributed by atoms with Crippen LogP contribution in [0.3, 0.4) is 0 Å². The lowest BCUT2D eigenvalue weighted by molar-refractivity contribution is -0.401. The minimum atomic E-state index is -0.620. The first-order chi connectivity index (χ1) is 10.1. The first-order valence-corrected chi connectivity index (χ1v) is 6.62. The van der Waals surface area contributed by atoms with E-state index in [1.165, 1.54) is 12.1 Å². The summed E-state index contributed by atoms with van der Waals surface area (Å²) in [6, 6.07) is 10.1. The highest BCUT2D eigenvalue weighted by Gasteiger charge is 2.23. The highest BCUT2D eigenvalue weighted by atomic mass is 79.9. The standard InChI is InChI=1S/C13H8BrN3O4/c14-8-4-2-1-3-7(8)11-12(16-21-13(11)15)9-5-6-10(20-9)17(18)19/h1-6H,15H2. The van der Waals surface area contributed by atoms with Crippen LogP contribution < -0.4 is 5.73 Å². The summed E-state index contributed by atoms with van der Waals surface area (Å²) in [5, 5.41) is 14.5. The van der Waals surface area contributed by atoms with Crippen molar-refractivity contribution in [3.8, 4) is 22.6 Å². The van der Waals surface area contributed by atoms with Gasteiger partial charge in [-0.05, 0) is 12.1 Å². The molecule has 0 radical (unpaired) electrons. The van der Waals surface area contributed by atoms with E-state index < -0.39 is 4.92 Å². The largest absolute Gasteiger partial charge is 0.433 e. The number of nitrogen functional groups attached to an aromatic ring is 1. The number of halogens is 1. The zero-order valence-electron chi connectivity index (χ0n) is 10.4. The molecular formula is C13H8BrN3O4. The minimum absolute atomic E-state index is 0.107. The lowest BCUT2D eigenvalue weighted by Crippen LogP contribution is -1.88. The maximum absolute atomic E-state index is 10.7. The molecule has 2 N–H and O–H groups in total. The van der Waals surface area contributed by atoms with Crippen molar-refractivity contribution in [1.29, 1.82) is 0 Å². The molecule has 2 aromatic heterocycles. The van der Waals surface area contributed by atoms with Crippen LogP contribution in [0.4, 0.5) is 11.8 Å². The lowest BCUT2D eigenvalue weighted by atomic mass is 10.0. The van der Waals surface area contributed by atoms with Gasteiger partial charge in [-0.2, -0.15) is 0 Å². The predicted molar refractivity (Wildman–Crippen MR) is 78.4 cm³/mol. The fourth-order valence-corrected chi connectivity index (χ4v) is 2.43. The lowest BCUT2D eigenvalue weighted by Gasteiger charge is -2.03. The molecular weight excluding hydrogens is 342 g/mol. The summed E-state index contributed by atoms with van der Waals surface area (Å²) in [5.41, 5.74) is 7.41. The molecule has 8 heteroatoms. The summed E-state index contributed by atoms with van der Waals surface area (Å²) in [6.45, 7) is 0. The Kier molecular flexibility index (Phi) is 3.22. The van der Waals surface area contributed by atoms with Crippen LogP contribution in [0.25, 0.3) is 22.6 Å². The van der Waals surface area contributed by atoms with E-state index in [-0.39, 0.29) is 17.5 Å². The number of nitrogens with zero attached hydrogens (tertiary/aromatic N) is 2. The Bertz CT molecular complexity index is 824. The van der Waals surface area contributed by atoms with Crippen molar-refractivity contribution in [3.05, 3.63) is 51.0 Å². The Balaban J connectivity index is 2.17. The second-order valence-electron chi connectivity index (χ2n) is 4.15. The van der Waals surface area contributed by atoms with Crippen LogP contribution in [0.2, 0.25) is 0 Å². The third-order valence-electron chi connectivity index (χ3n) is 2.87. The monoisotopic (exact) mass is 349 g/mol. The number of aromatic nitrogens is 1. The molecule has 2 heterocycles. The average Bonchev–Trinajstić information content (AvgIpc) is 3.06. The molecule has 0 fully saturated rings. The van der Waals surface area contributed by atoms with Crippen molar-refractivity contribution in [3.63, 3.8) is 0 Å². The fraction of sp³-hybridized carbons (Fsp3) is 0. The van der Waals surface area contributed by atoms with Gasteiger partial charge in [0.25, 0.3) is 0 Å². The molecule has 0 aliphatic carbocycles. The molecule has 0 spiro atoms. The summed E-state index contributed by atoms with van der Waals surface area (Å²) >= 11 is 3.42. The smallest absolute Gasteiger partial charge is 0.399 e. The third-order valence-corrected chi connectivity index (χ3v) is 3.56. The van der Waals surface area contributed by atoms with Gasteiger partial charge in [0.05, 0.1) is 11.6 Å². The van der Waals surface area contributed by atoms with Gasteiger partial charge in [0.15, 0.2) is 11.5 Å². The van der Waals surface area contributed by atoms with E-state index in [0.717, 1.165) is 10.0 Å². The van der Waals surface area contributed by atoms with Crippen LogP contribution >= 0.6 is 15.9 Å². The molecule has 3 aromatic rings. The van der Waals surface area contributed by atoms with Gasteiger partial charge in [0.2, 0.25) is 5.88 Å². The SMILES string of the molecule is Nc1onc(-c2ccc([N+](=O)[O-])o2)c1-c1ccccc1Br. The zero-order chi connectivity index (χ0) is 15.0. The number of benzene rings is 1. The molecule has 0 aliphatic rings. The Hall–Kier alpha value is -2.61. The maximum Gasteiger partial charge on any atom is 0.433 e. The zero-order valence-corrected chi connectivity index (χ0v) is 12.0. The normalized spacial score (nSPS) is 10.7. The van der Waals surface area contributed by atoms with Gasteiger partial charge in [-0.25, -0.2) is 0 Å². The highest BCUT2D eigenvalue weighted by Crippen LogP contribution is 2.40. The number of rotatable bonds is 3. The molecule has 0 unspecified atom stereocenters. The second kappa shape index (κ2) is 5.06. The first-order valence-electron chi connectivity index (χ1n) is 5.82. The van der Waals surface area contributed by atoms with Crippen LogP contribution in [-0.4, -0.2) is 10.1 Å². The summed E-state index contributed by atoms with van der Waals surface area (Å²) in [5.74, 6) is -0.0477. The van der Waals surface area contributed by atoms with Crippen molar-refractivity contribution >= 4 is 27.7 Å². The Morgan fingerprint density at radius 1 is 1.24 bits per heavy atom. The molecule has 0 aliphatic heterocycles. The predicted octanol–water partition coefficient (Wildman–Crippen LogP) is 3.85. The number of nitro groups is 1. The average molecular weight is 350 g/mol. The van der Waals surface area contributed by atoms with E-state index in [4.69, 9.17) is 14.7 Å². The van der Waals surface area contributed by atoms with Crippen molar-refractivity contribution in [2.24, 2.45) is 0 Å². The van der Waals surface area contributed by atoms with Crippen molar-refractivity contribution in [1.82, 2.24) is 5.16 Å². The molecule has 0 bridgehead atoms. The number of hydrogen-bond donors (Lipinski definition) is 1. The molecule has 0 atom stereocenters. The van der Waals surface area contributed by atoms with E-state index >= 15 is 0 Å². The summed E-state index contributed by atoms with van der Waals surface area (Å²) < 4.78 is 11.0. The van der Waals surface area contributed by atoms with Crippen LogP contribution in [0.5, 0.6) is 0 Å². The molecule has 3 rings (SSSR count). The van der Waals surface area contributed by atoms with Crippen molar-refractivity contribution in [2.75, 3.05) is 5.73 Å². The van der Waals surface area contributed by atoms with Crippen molar-refractivity contribution < 1.29 is 13.9 Å². The maximum atomic E-state index is 10.7. The highest BCUT2D eigenvalue weighted by molar-refractivity contribution is 9.10. The van der Waals surface area contributed by atoms with Crippen LogP contribution in [-0.2, 0) is 0 Å². The van der Waals surface area contributed by atoms with Gasteiger partial charge in [0, 0.05) is 10.0 Å². The van der Waals surface area contributed by atoms with E-state index in [9.17, 15) is 10.1 Å². The molecule has 106 valence electrons. The number of nitrogens with two attached hydrogens (primary N) is 1. The molecule has 21 heavy (non-hydrogen) atoms. The molecule has 1 aromatic carbocycles. The van der Waals surface area contributed by atoms with Gasteiger partial charge in [-0.3, -0.25) is 10.1 Å². The van der Waals surface area contributed by atoms with Gasteiger partial charge in [-0.1, -0.05) is 39.3 Å². The van der Waals surface area contributed by atoms with Crippen molar-refractivity contribution in [2.45, 2.75) is 0 Å². The van der Waals surface area contributed by atoms with Crippen LogP contribution in [0.1, 0.15) is 0 Å². The topological polar surface area (TPSA) is 108 Å². The second-order valence-corrected chi connectivity index (χ2v) is 5.00. The fourth-order valence-electron chi connectivity index (χ4n) is 1.95. The van der Waals surface area contributed by atoms with Gasteiger partial charge >= 0.3 is 5.88 Å².